The maximum Gasteiger partial charge on any atom is 0.128 e. The highest BCUT2D eigenvalue weighted by molar-refractivity contribution is 9.10. The molecule has 2 aromatic rings. The Morgan fingerprint density at radius 1 is 1.37 bits per heavy atom. The molecule has 0 fully saturated rings. The van der Waals surface area contributed by atoms with E-state index in [2.05, 4.69) is 36.4 Å². The number of nitrogens with two attached hydrogens (primary N) is 1. The van der Waals surface area contributed by atoms with Crippen LogP contribution in [0.25, 0.3) is 0 Å². The van der Waals surface area contributed by atoms with Crippen molar-refractivity contribution >= 4 is 38.8 Å². The molecule has 2 heterocycles. The molecule has 0 atom stereocenters. The minimum absolute atomic E-state index is 0.421. The summed E-state index contributed by atoms with van der Waals surface area (Å²) in [5.41, 5.74) is 7.81. The highest BCUT2D eigenvalue weighted by Crippen LogP contribution is 2.27. The average molecular weight is 337 g/mol. The monoisotopic (exact) mass is 336 g/mol. The van der Waals surface area contributed by atoms with Gasteiger partial charge in [-0.1, -0.05) is 28.1 Å². The normalized spacial score (nSPS) is 14.3. The highest BCUT2D eigenvalue weighted by Gasteiger charge is 2.19. The number of rotatable bonds is 2. The first kappa shape index (κ1) is 12.6. The van der Waals surface area contributed by atoms with Crippen molar-refractivity contribution in [1.82, 2.24) is 9.55 Å². The van der Waals surface area contributed by atoms with Gasteiger partial charge >= 0.3 is 0 Å². The molecule has 0 amide bonds. The molecular formula is C13H13BrN4S. The van der Waals surface area contributed by atoms with Crippen LogP contribution in [0, 0.1) is 0 Å². The molecule has 0 saturated heterocycles. The van der Waals surface area contributed by atoms with Crippen molar-refractivity contribution in [2.45, 2.75) is 13.1 Å². The number of fused-ring (bicyclic) bond motifs is 1. The Hall–Kier alpha value is -1.40. The number of halogens is 1. The van der Waals surface area contributed by atoms with Gasteiger partial charge in [0.05, 0.1) is 6.54 Å². The third-order valence-corrected chi connectivity index (χ3v) is 4.02. The summed E-state index contributed by atoms with van der Waals surface area (Å²) in [6, 6.07) is 6.04. The van der Waals surface area contributed by atoms with Gasteiger partial charge in [-0.25, -0.2) is 4.98 Å². The maximum absolute atomic E-state index is 5.83. The zero-order chi connectivity index (χ0) is 13.4. The number of imidazole rings is 1. The third-order valence-electron chi connectivity index (χ3n) is 3.31. The Kier molecular flexibility index (Phi) is 3.28. The molecule has 1 aromatic heterocycles. The van der Waals surface area contributed by atoms with Gasteiger partial charge in [0.1, 0.15) is 10.8 Å². The summed E-state index contributed by atoms with van der Waals surface area (Å²) in [6.07, 6.45) is 3.86. The molecule has 98 valence electrons. The van der Waals surface area contributed by atoms with E-state index in [1.54, 1.807) is 0 Å². The molecular weight excluding hydrogens is 324 g/mol. The van der Waals surface area contributed by atoms with Crippen LogP contribution in [0.15, 0.2) is 35.1 Å². The van der Waals surface area contributed by atoms with E-state index in [0.717, 1.165) is 41.2 Å². The highest BCUT2D eigenvalue weighted by atomic mass is 79.9. The lowest BCUT2D eigenvalue weighted by Crippen LogP contribution is -2.34. The number of hydrogen-bond donors (Lipinski definition) is 1. The number of thiocarbonyl (C=S) groups is 1. The Morgan fingerprint density at radius 3 is 3.00 bits per heavy atom. The van der Waals surface area contributed by atoms with Gasteiger partial charge in [-0.15, -0.1) is 0 Å². The summed E-state index contributed by atoms with van der Waals surface area (Å²) < 4.78 is 3.16. The van der Waals surface area contributed by atoms with Crippen LogP contribution in [0.5, 0.6) is 0 Å². The van der Waals surface area contributed by atoms with Gasteiger partial charge in [-0.05, 0) is 18.2 Å². The van der Waals surface area contributed by atoms with Crippen LogP contribution in [0.3, 0.4) is 0 Å². The second-order valence-corrected chi connectivity index (χ2v) is 5.84. The zero-order valence-corrected chi connectivity index (χ0v) is 12.6. The molecule has 0 radical (unpaired) electrons. The molecule has 1 aliphatic heterocycles. The van der Waals surface area contributed by atoms with Crippen molar-refractivity contribution < 1.29 is 0 Å². The van der Waals surface area contributed by atoms with Crippen LogP contribution in [-0.4, -0.2) is 21.1 Å². The molecule has 2 N–H and O–H groups in total. The minimum Gasteiger partial charge on any atom is -0.389 e. The molecule has 0 bridgehead atoms. The predicted molar refractivity (Wildman–Crippen MR) is 83.3 cm³/mol. The maximum atomic E-state index is 5.83. The number of hydrogen-bond acceptors (Lipinski definition) is 3. The van der Waals surface area contributed by atoms with Gasteiger partial charge < -0.3 is 15.2 Å². The number of nitrogens with zero attached hydrogens (tertiary/aromatic N) is 3. The molecule has 1 aromatic carbocycles. The largest absolute Gasteiger partial charge is 0.389 e. The summed E-state index contributed by atoms with van der Waals surface area (Å²) in [7, 11) is 0. The fourth-order valence-corrected chi connectivity index (χ4v) is 2.89. The van der Waals surface area contributed by atoms with Crippen molar-refractivity contribution in [1.29, 1.82) is 0 Å². The van der Waals surface area contributed by atoms with Crippen LogP contribution in [0.2, 0.25) is 0 Å². The lowest BCUT2D eigenvalue weighted by atomic mass is 10.1. The van der Waals surface area contributed by atoms with Crippen molar-refractivity contribution in [2.75, 3.05) is 11.4 Å². The van der Waals surface area contributed by atoms with E-state index in [4.69, 9.17) is 18.0 Å². The predicted octanol–water partition coefficient (Wildman–Crippen LogP) is 2.30. The Bertz CT molecular complexity index is 637. The van der Waals surface area contributed by atoms with Crippen molar-refractivity contribution in [3.8, 4) is 0 Å². The van der Waals surface area contributed by atoms with Gasteiger partial charge in [0.2, 0.25) is 0 Å². The van der Waals surface area contributed by atoms with Gasteiger partial charge in [0, 0.05) is 41.2 Å². The van der Waals surface area contributed by atoms with Crippen LogP contribution in [0.4, 0.5) is 5.69 Å². The summed E-state index contributed by atoms with van der Waals surface area (Å²) in [4.78, 5) is 7.06. The van der Waals surface area contributed by atoms with Crippen LogP contribution >= 0.6 is 28.1 Å². The van der Waals surface area contributed by atoms with E-state index in [9.17, 15) is 0 Å². The molecule has 3 rings (SSSR count). The molecule has 1 aliphatic rings. The van der Waals surface area contributed by atoms with E-state index in [0.29, 0.717) is 4.99 Å². The summed E-state index contributed by atoms with van der Waals surface area (Å²) in [6.45, 7) is 2.65. The van der Waals surface area contributed by atoms with Gasteiger partial charge in [0.15, 0.2) is 0 Å². The Morgan fingerprint density at radius 2 is 2.21 bits per heavy atom. The smallest absolute Gasteiger partial charge is 0.128 e. The molecule has 0 aliphatic carbocycles. The number of aromatic nitrogens is 2. The SMILES string of the molecule is NC(=S)c1cc(Br)ccc1N1CCn2ccnc2C1. The summed E-state index contributed by atoms with van der Waals surface area (Å²) in [5, 5.41) is 0. The first-order valence-electron chi connectivity index (χ1n) is 5.99. The average Bonchev–Trinajstić information content (AvgIpc) is 2.85. The standard InChI is InChI=1S/C13H13BrN4S/c14-9-1-2-11(10(7-9)13(15)19)18-6-5-17-4-3-16-12(17)8-18/h1-4,7H,5-6,8H2,(H2,15,19). The second kappa shape index (κ2) is 4.94. The van der Waals surface area contributed by atoms with Crippen molar-refractivity contribution in [3.05, 3.63) is 46.5 Å². The van der Waals surface area contributed by atoms with Crippen LogP contribution in [0.1, 0.15) is 11.4 Å². The van der Waals surface area contributed by atoms with Gasteiger partial charge in [-0.3, -0.25) is 0 Å². The van der Waals surface area contributed by atoms with E-state index >= 15 is 0 Å². The zero-order valence-electron chi connectivity index (χ0n) is 10.2. The second-order valence-electron chi connectivity index (χ2n) is 4.48. The molecule has 6 heteroatoms. The first-order chi connectivity index (χ1) is 9.15. The quantitative estimate of drug-likeness (QED) is 0.855. The number of benzene rings is 1. The van der Waals surface area contributed by atoms with E-state index < -0.39 is 0 Å². The minimum atomic E-state index is 0.421. The van der Waals surface area contributed by atoms with Crippen LogP contribution in [-0.2, 0) is 13.1 Å². The number of anilines is 1. The first-order valence-corrected chi connectivity index (χ1v) is 7.19. The third kappa shape index (κ3) is 2.37. The fourth-order valence-electron chi connectivity index (χ4n) is 2.36. The molecule has 0 saturated carbocycles. The van der Waals surface area contributed by atoms with Crippen molar-refractivity contribution in [2.24, 2.45) is 5.73 Å². The van der Waals surface area contributed by atoms with Crippen molar-refractivity contribution in [3.63, 3.8) is 0 Å². The Balaban J connectivity index is 1.98. The van der Waals surface area contributed by atoms with E-state index in [1.165, 1.54) is 0 Å². The fraction of sp³-hybridized carbons (Fsp3) is 0.231. The van der Waals surface area contributed by atoms with Gasteiger partial charge in [-0.2, -0.15) is 0 Å². The van der Waals surface area contributed by atoms with Crippen LogP contribution < -0.4 is 10.6 Å². The molecule has 19 heavy (non-hydrogen) atoms. The lowest BCUT2D eigenvalue weighted by molar-refractivity contribution is 0.560. The Labute approximate surface area is 125 Å². The van der Waals surface area contributed by atoms with E-state index in [1.807, 2.05) is 24.5 Å². The summed E-state index contributed by atoms with van der Waals surface area (Å²) in [5.74, 6) is 1.07. The topological polar surface area (TPSA) is 47.1 Å². The molecule has 4 nitrogen and oxygen atoms in total. The lowest BCUT2D eigenvalue weighted by Gasteiger charge is -2.31. The summed E-state index contributed by atoms with van der Waals surface area (Å²) >= 11 is 8.61. The van der Waals surface area contributed by atoms with E-state index in [-0.39, 0.29) is 0 Å². The van der Waals surface area contributed by atoms with Gasteiger partial charge in [0.25, 0.3) is 0 Å². The molecule has 0 spiro atoms. The molecule has 0 unspecified atom stereocenters.